The van der Waals surface area contributed by atoms with E-state index in [-0.39, 0.29) is 5.91 Å². The lowest BCUT2D eigenvalue weighted by atomic mass is 10.0. The summed E-state index contributed by atoms with van der Waals surface area (Å²) in [7, 11) is 3.01. The molecule has 0 saturated carbocycles. The van der Waals surface area contributed by atoms with Gasteiger partial charge in [-0.25, -0.2) is 5.06 Å². The molecule has 0 fully saturated rings. The zero-order valence-electron chi connectivity index (χ0n) is 10.3. The van der Waals surface area contributed by atoms with Crippen molar-refractivity contribution in [2.24, 2.45) is 0 Å². The second-order valence-corrected chi connectivity index (χ2v) is 3.35. The highest BCUT2D eigenvalue weighted by Gasteiger charge is 2.17. The minimum atomic E-state index is -0.217. The topological polar surface area (TPSA) is 42.4 Å². The molecule has 0 radical (unpaired) electrons. The molecule has 1 aromatic rings. The molecule has 1 amide bonds. The Morgan fingerprint density at radius 3 is 2.82 bits per heavy atom. The van der Waals surface area contributed by atoms with Crippen LogP contribution < -0.4 is 0 Å². The SMILES string of the molecule is C=Cc1ccncc1/C(=C\C)C(=O)N(C)OC. The van der Waals surface area contributed by atoms with Gasteiger partial charge in [0, 0.05) is 30.6 Å². The Morgan fingerprint density at radius 2 is 2.29 bits per heavy atom. The third-order valence-electron chi connectivity index (χ3n) is 2.44. The highest BCUT2D eigenvalue weighted by atomic mass is 16.7. The van der Waals surface area contributed by atoms with Crippen LogP contribution >= 0.6 is 0 Å². The quantitative estimate of drug-likeness (QED) is 0.590. The summed E-state index contributed by atoms with van der Waals surface area (Å²) in [6.07, 6.45) is 6.74. The summed E-state index contributed by atoms with van der Waals surface area (Å²) in [5.74, 6) is -0.217. The molecule has 1 rings (SSSR count). The number of carbonyl (C=O) groups excluding carboxylic acids is 1. The van der Waals surface area contributed by atoms with Crippen LogP contribution in [0.5, 0.6) is 0 Å². The molecule has 4 heteroatoms. The molecule has 4 nitrogen and oxygen atoms in total. The van der Waals surface area contributed by atoms with E-state index in [2.05, 4.69) is 11.6 Å². The summed E-state index contributed by atoms with van der Waals surface area (Å²) in [4.78, 5) is 21.0. The number of aromatic nitrogens is 1. The van der Waals surface area contributed by atoms with E-state index in [9.17, 15) is 4.79 Å². The Hall–Kier alpha value is -1.94. The first-order chi connectivity index (χ1) is 8.15. The molecule has 17 heavy (non-hydrogen) atoms. The Kier molecular flexibility index (Phi) is 4.60. The van der Waals surface area contributed by atoms with E-state index in [4.69, 9.17) is 4.84 Å². The van der Waals surface area contributed by atoms with Crippen LogP contribution in [-0.2, 0) is 9.63 Å². The van der Waals surface area contributed by atoms with Gasteiger partial charge in [0.05, 0.1) is 7.11 Å². The first kappa shape index (κ1) is 13.1. The monoisotopic (exact) mass is 232 g/mol. The Bertz CT molecular complexity index is 452. The van der Waals surface area contributed by atoms with Crippen molar-refractivity contribution in [2.75, 3.05) is 14.2 Å². The van der Waals surface area contributed by atoms with Crippen molar-refractivity contribution in [1.82, 2.24) is 10.0 Å². The first-order valence-corrected chi connectivity index (χ1v) is 5.21. The molecule has 0 saturated heterocycles. The summed E-state index contributed by atoms with van der Waals surface area (Å²) in [5.41, 5.74) is 2.15. The molecule has 0 aliphatic heterocycles. The van der Waals surface area contributed by atoms with Crippen molar-refractivity contribution in [3.63, 3.8) is 0 Å². The third kappa shape index (κ3) is 2.79. The fourth-order valence-corrected chi connectivity index (χ4v) is 1.45. The predicted molar refractivity (Wildman–Crippen MR) is 67.8 cm³/mol. The highest BCUT2D eigenvalue weighted by molar-refractivity contribution is 6.19. The van der Waals surface area contributed by atoms with Crippen LogP contribution in [-0.4, -0.2) is 30.1 Å². The molecule has 0 aliphatic carbocycles. The van der Waals surface area contributed by atoms with E-state index in [1.54, 1.807) is 38.5 Å². The zero-order chi connectivity index (χ0) is 12.8. The van der Waals surface area contributed by atoms with Crippen LogP contribution in [0.1, 0.15) is 18.1 Å². The number of carbonyl (C=O) groups is 1. The predicted octanol–water partition coefficient (Wildman–Crippen LogP) is 2.15. The van der Waals surface area contributed by atoms with E-state index in [0.717, 1.165) is 11.1 Å². The summed E-state index contributed by atoms with van der Waals surface area (Å²) in [6, 6.07) is 1.81. The smallest absolute Gasteiger partial charge is 0.274 e. The molecule has 0 bridgehead atoms. The van der Waals surface area contributed by atoms with Crippen LogP contribution in [0.2, 0.25) is 0 Å². The molecular formula is C13H16N2O2. The van der Waals surface area contributed by atoms with Gasteiger partial charge in [-0.05, 0) is 18.6 Å². The van der Waals surface area contributed by atoms with E-state index >= 15 is 0 Å². The fourth-order valence-electron chi connectivity index (χ4n) is 1.45. The van der Waals surface area contributed by atoms with Gasteiger partial charge in [0.15, 0.2) is 0 Å². The lowest BCUT2D eigenvalue weighted by molar-refractivity contribution is -0.161. The molecule has 0 atom stereocenters. The van der Waals surface area contributed by atoms with Gasteiger partial charge in [0.2, 0.25) is 0 Å². The molecule has 0 spiro atoms. The fraction of sp³-hybridized carbons (Fsp3) is 0.231. The van der Waals surface area contributed by atoms with Gasteiger partial charge in [0.1, 0.15) is 0 Å². The lowest BCUT2D eigenvalue weighted by Gasteiger charge is -2.16. The first-order valence-electron chi connectivity index (χ1n) is 5.21. The third-order valence-corrected chi connectivity index (χ3v) is 2.44. The molecule has 0 N–H and O–H groups in total. The van der Waals surface area contributed by atoms with E-state index in [1.165, 1.54) is 12.2 Å². The van der Waals surface area contributed by atoms with E-state index in [0.29, 0.717) is 5.57 Å². The minimum absolute atomic E-state index is 0.217. The van der Waals surface area contributed by atoms with Gasteiger partial charge in [-0.3, -0.25) is 14.6 Å². The van der Waals surface area contributed by atoms with Crippen LogP contribution in [0, 0.1) is 0 Å². The normalized spacial score (nSPS) is 11.1. The molecule has 1 heterocycles. The van der Waals surface area contributed by atoms with Crippen molar-refractivity contribution in [3.05, 3.63) is 42.2 Å². The van der Waals surface area contributed by atoms with Crippen molar-refractivity contribution < 1.29 is 9.63 Å². The maximum absolute atomic E-state index is 12.0. The van der Waals surface area contributed by atoms with Gasteiger partial charge in [0.25, 0.3) is 5.91 Å². The van der Waals surface area contributed by atoms with Gasteiger partial charge in [-0.15, -0.1) is 0 Å². The van der Waals surface area contributed by atoms with Crippen molar-refractivity contribution >= 4 is 17.6 Å². The maximum atomic E-state index is 12.0. The van der Waals surface area contributed by atoms with Crippen molar-refractivity contribution in [3.8, 4) is 0 Å². The Labute approximate surface area is 101 Å². The van der Waals surface area contributed by atoms with Gasteiger partial charge in [-0.1, -0.05) is 18.7 Å². The Morgan fingerprint density at radius 1 is 1.59 bits per heavy atom. The molecule has 0 aliphatic rings. The number of hydroxylamine groups is 2. The van der Waals surface area contributed by atoms with E-state index in [1.807, 2.05) is 6.07 Å². The average Bonchev–Trinajstić information content (AvgIpc) is 2.39. The summed E-state index contributed by atoms with van der Waals surface area (Å²) >= 11 is 0. The number of rotatable bonds is 4. The molecule has 0 aromatic carbocycles. The Balaban J connectivity index is 3.20. The minimum Gasteiger partial charge on any atom is -0.274 e. The number of allylic oxidation sites excluding steroid dienone is 1. The van der Waals surface area contributed by atoms with E-state index < -0.39 is 0 Å². The average molecular weight is 232 g/mol. The molecule has 0 unspecified atom stereocenters. The van der Waals surface area contributed by atoms with Crippen LogP contribution in [0.3, 0.4) is 0 Å². The van der Waals surface area contributed by atoms with Crippen LogP contribution in [0.15, 0.2) is 31.1 Å². The number of pyridine rings is 1. The number of amides is 1. The van der Waals surface area contributed by atoms with Crippen molar-refractivity contribution in [1.29, 1.82) is 0 Å². The van der Waals surface area contributed by atoms with Gasteiger partial charge >= 0.3 is 0 Å². The second kappa shape index (κ2) is 5.96. The van der Waals surface area contributed by atoms with Crippen LogP contribution in [0.25, 0.3) is 11.6 Å². The number of hydrogen-bond acceptors (Lipinski definition) is 3. The lowest BCUT2D eigenvalue weighted by Crippen LogP contribution is -2.26. The summed E-state index contributed by atoms with van der Waals surface area (Å²) in [5, 5.41) is 1.18. The van der Waals surface area contributed by atoms with Crippen molar-refractivity contribution in [2.45, 2.75) is 6.92 Å². The standard InChI is InChI=1S/C13H16N2O2/c1-5-10-7-8-14-9-12(10)11(6-2)13(16)15(3)17-4/h5-9H,1H2,2-4H3/b11-6+. The zero-order valence-corrected chi connectivity index (χ0v) is 10.3. The molecule has 1 aromatic heterocycles. The van der Waals surface area contributed by atoms with Gasteiger partial charge < -0.3 is 0 Å². The number of hydrogen-bond donors (Lipinski definition) is 0. The van der Waals surface area contributed by atoms with Crippen LogP contribution in [0.4, 0.5) is 0 Å². The number of likely N-dealkylation sites (N-methyl/N-ethyl adjacent to an activating group) is 1. The van der Waals surface area contributed by atoms with Gasteiger partial charge in [-0.2, -0.15) is 0 Å². The maximum Gasteiger partial charge on any atom is 0.277 e. The largest absolute Gasteiger partial charge is 0.277 e. The molecule has 90 valence electrons. The number of nitrogens with zero attached hydrogens (tertiary/aromatic N) is 2. The summed E-state index contributed by atoms with van der Waals surface area (Å²) < 4.78 is 0. The second-order valence-electron chi connectivity index (χ2n) is 3.35. The summed E-state index contributed by atoms with van der Waals surface area (Å²) in [6.45, 7) is 5.52. The highest BCUT2D eigenvalue weighted by Crippen LogP contribution is 2.21. The molecular weight excluding hydrogens is 216 g/mol.